The lowest BCUT2D eigenvalue weighted by atomic mass is 9.39. The standard InChI is InChI=1S/C32H35F3N8O2/c1-19(2)42-12-23(32(33,34)35)40-27(42)22-7-5-20(6-8-22)11-43(31-13-30(14-31,15-31)16-44-3)29-39-18-37-26(41-29)24-25(21-9-10-21)36-17-38-28(24)45-4/h5-8,12,17-19,21H,9-11,13-16H2,1-4H3. The van der Waals surface area contributed by atoms with Gasteiger partial charge >= 0.3 is 6.18 Å². The van der Waals surface area contributed by atoms with Crippen molar-refractivity contribution in [3.05, 3.63) is 60.1 Å². The van der Waals surface area contributed by atoms with Crippen molar-refractivity contribution < 1.29 is 22.6 Å². The Kier molecular flexibility index (Phi) is 7.06. The minimum atomic E-state index is -4.52. The number of imidazole rings is 1. The van der Waals surface area contributed by atoms with E-state index in [1.54, 1.807) is 18.8 Å². The number of hydrogen-bond acceptors (Lipinski definition) is 9. The van der Waals surface area contributed by atoms with E-state index in [9.17, 15) is 13.2 Å². The molecule has 2 bridgehead atoms. The molecule has 3 heterocycles. The van der Waals surface area contributed by atoms with Crippen molar-refractivity contribution in [2.75, 3.05) is 25.7 Å². The highest BCUT2D eigenvalue weighted by molar-refractivity contribution is 5.67. The van der Waals surface area contributed by atoms with Gasteiger partial charge in [-0.2, -0.15) is 18.2 Å². The van der Waals surface area contributed by atoms with Gasteiger partial charge in [-0.15, -0.1) is 0 Å². The first-order valence-electron chi connectivity index (χ1n) is 15.1. The molecular formula is C32H35F3N8O2. The number of halogens is 3. The maximum Gasteiger partial charge on any atom is 0.434 e. The lowest BCUT2D eigenvalue weighted by Gasteiger charge is -2.73. The Labute approximate surface area is 259 Å². The van der Waals surface area contributed by atoms with Crippen molar-refractivity contribution in [2.24, 2.45) is 5.41 Å². The largest absolute Gasteiger partial charge is 0.480 e. The highest BCUT2D eigenvalue weighted by Gasteiger charge is 2.70. The van der Waals surface area contributed by atoms with Gasteiger partial charge in [0, 0.05) is 48.3 Å². The van der Waals surface area contributed by atoms with Crippen LogP contribution in [-0.2, 0) is 17.5 Å². The third-order valence-corrected chi connectivity index (χ3v) is 9.29. The van der Waals surface area contributed by atoms with Crippen LogP contribution in [0.3, 0.4) is 0 Å². The van der Waals surface area contributed by atoms with E-state index in [0.29, 0.717) is 47.8 Å². The molecule has 0 N–H and O–H groups in total. The van der Waals surface area contributed by atoms with E-state index >= 15 is 0 Å². The minimum absolute atomic E-state index is 0.123. The fourth-order valence-corrected chi connectivity index (χ4v) is 7.17. The van der Waals surface area contributed by atoms with Crippen LogP contribution in [-0.4, -0.2) is 60.8 Å². The Morgan fingerprint density at radius 2 is 1.69 bits per heavy atom. The number of nitrogens with zero attached hydrogens (tertiary/aromatic N) is 8. The van der Waals surface area contributed by atoms with Crippen molar-refractivity contribution in [1.29, 1.82) is 0 Å². The maximum atomic E-state index is 13.5. The number of hydrogen-bond donors (Lipinski definition) is 0. The van der Waals surface area contributed by atoms with Crippen LogP contribution in [0.25, 0.3) is 22.8 Å². The fraction of sp³-hybridized carbons (Fsp3) is 0.500. The first kappa shape index (κ1) is 29.6. The van der Waals surface area contributed by atoms with E-state index in [2.05, 4.69) is 29.8 Å². The number of methoxy groups -OCH3 is 2. The van der Waals surface area contributed by atoms with Gasteiger partial charge in [0.15, 0.2) is 11.5 Å². The second-order valence-corrected chi connectivity index (χ2v) is 12.9. The molecule has 8 rings (SSSR count). The van der Waals surface area contributed by atoms with Gasteiger partial charge in [0.05, 0.1) is 19.4 Å². The lowest BCUT2D eigenvalue weighted by molar-refractivity contribution is -0.170. The molecule has 4 saturated carbocycles. The molecule has 0 atom stereocenters. The van der Waals surface area contributed by atoms with Gasteiger partial charge in [0.2, 0.25) is 11.8 Å². The van der Waals surface area contributed by atoms with Crippen molar-refractivity contribution in [1.82, 2.24) is 34.5 Å². The minimum Gasteiger partial charge on any atom is -0.480 e. The zero-order chi connectivity index (χ0) is 31.6. The number of alkyl halides is 3. The molecule has 236 valence electrons. The Morgan fingerprint density at radius 3 is 2.31 bits per heavy atom. The van der Waals surface area contributed by atoms with Crippen LogP contribution in [0.1, 0.15) is 74.9 Å². The maximum absolute atomic E-state index is 13.5. The fourth-order valence-electron chi connectivity index (χ4n) is 7.17. The summed E-state index contributed by atoms with van der Waals surface area (Å²) in [5.41, 5.74) is 2.33. The van der Waals surface area contributed by atoms with Gasteiger partial charge < -0.3 is 18.9 Å². The molecule has 4 aliphatic carbocycles. The lowest BCUT2D eigenvalue weighted by Crippen LogP contribution is -2.76. The van der Waals surface area contributed by atoms with Gasteiger partial charge in [0.1, 0.15) is 24.0 Å². The number of anilines is 1. The molecule has 10 nitrogen and oxygen atoms in total. The Balaban J connectivity index is 1.22. The number of benzene rings is 1. The van der Waals surface area contributed by atoms with Crippen LogP contribution >= 0.6 is 0 Å². The highest BCUT2D eigenvalue weighted by Crippen LogP contribution is 2.70. The molecule has 0 aliphatic heterocycles. The summed E-state index contributed by atoms with van der Waals surface area (Å²) in [6, 6.07) is 7.35. The molecule has 1 aromatic carbocycles. The quantitative estimate of drug-likeness (QED) is 0.192. The summed E-state index contributed by atoms with van der Waals surface area (Å²) in [5, 5.41) is 0. The Bertz CT molecular complexity index is 1700. The van der Waals surface area contributed by atoms with Gasteiger partial charge in [-0.25, -0.2) is 24.9 Å². The molecule has 4 aliphatic rings. The van der Waals surface area contributed by atoms with Gasteiger partial charge in [-0.3, -0.25) is 0 Å². The van der Waals surface area contributed by atoms with Crippen molar-refractivity contribution in [3.8, 4) is 28.7 Å². The average Bonchev–Trinajstić information content (AvgIpc) is 3.73. The monoisotopic (exact) mass is 620 g/mol. The second-order valence-electron chi connectivity index (χ2n) is 12.9. The number of ether oxygens (including phenoxy) is 2. The van der Waals surface area contributed by atoms with Crippen molar-refractivity contribution in [2.45, 2.75) is 76.2 Å². The molecule has 45 heavy (non-hydrogen) atoms. The average molecular weight is 621 g/mol. The van der Waals surface area contributed by atoms with Gasteiger partial charge in [-0.05, 0) is 51.5 Å². The smallest absolute Gasteiger partial charge is 0.434 e. The molecule has 0 spiro atoms. The third kappa shape index (κ3) is 5.20. The van der Waals surface area contributed by atoms with Crippen LogP contribution < -0.4 is 9.64 Å². The molecule has 0 radical (unpaired) electrons. The van der Waals surface area contributed by atoms with Gasteiger partial charge in [0.25, 0.3) is 0 Å². The van der Waals surface area contributed by atoms with Gasteiger partial charge in [-0.1, -0.05) is 24.3 Å². The summed E-state index contributed by atoms with van der Waals surface area (Å²) >= 11 is 0. The van der Waals surface area contributed by atoms with Crippen molar-refractivity contribution >= 4 is 5.95 Å². The summed E-state index contributed by atoms with van der Waals surface area (Å²) in [7, 11) is 3.31. The van der Waals surface area contributed by atoms with E-state index in [0.717, 1.165) is 49.6 Å². The van der Waals surface area contributed by atoms with Crippen LogP contribution in [0.5, 0.6) is 5.88 Å². The van der Waals surface area contributed by atoms with Crippen LogP contribution in [0.4, 0.5) is 19.1 Å². The molecule has 0 unspecified atom stereocenters. The summed E-state index contributed by atoms with van der Waals surface area (Å²) in [4.78, 5) is 29.2. The molecule has 13 heteroatoms. The second kappa shape index (κ2) is 10.7. The van der Waals surface area contributed by atoms with Crippen LogP contribution in [0, 0.1) is 5.41 Å². The Hall–Kier alpha value is -4.13. The summed E-state index contributed by atoms with van der Waals surface area (Å²) in [6.07, 6.45) is 4.59. The molecule has 3 aromatic heterocycles. The zero-order valence-corrected chi connectivity index (χ0v) is 25.7. The third-order valence-electron chi connectivity index (χ3n) is 9.29. The topological polar surface area (TPSA) is 104 Å². The molecule has 4 fully saturated rings. The Morgan fingerprint density at radius 1 is 0.978 bits per heavy atom. The SMILES string of the molecule is COCC12CC(N(Cc3ccc(-c4nc(C(F)(F)F)cn4C(C)C)cc3)c3ncnc(-c4c(OC)ncnc4C4CC4)n3)(C1)C2. The molecular weight excluding hydrogens is 585 g/mol. The van der Waals surface area contributed by atoms with E-state index in [1.807, 2.05) is 38.1 Å². The first-order valence-corrected chi connectivity index (χ1v) is 15.1. The predicted molar refractivity (Wildman–Crippen MR) is 160 cm³/mol. The number of rotatable bonds is 11. The zero-order valence-electron chi connectivity index (χ0n) is 25.7. The summed E-state index contributed by atoms with van der Waals surface area (Å²) in [5.74, 6) is 2.07. The predicted octanol–water partition coefficient (Wildman–Crippen LogP) is 6.25. The van der Waals surface area contributed by atoms with Crippen molar-refractivity contribution in [3.63, 3.8) is 0 Å². The molecule has 0 saturated heterocycles. The van der Waals surface area contributed by atoms with E-state index in [4.69, 9.17) is 14.5 Å². The van der Waals surface area contributed by atoms with E-state index in [-0.39, 0.29) is 22.8 Å². The summed E-state index contributed by atoms with van der Waals surface area (Å²) < 4.78 is 53.1. The van der Waals surface area contributed by atoms with Crippen LogP contribution in [0.2, 0.25) is 0 Å². The van der Waals surface area contributed by atoms with E-state index < -0.39 is 11.9 Å². The highest BCUT2D eigenvalue weighted by atomic mass is 19.4. The normalized spacial score (nSPS) is 22.2. The van der Waals surface area contributed by atoms with Crippen LogP contribution in [0.15, 0.2) is 43.1 Å². The molecule has 4 aromatic rings. The molecule has 0 amide bonds. The first-order chi connectivity index (χ1) is 21.5. The summed E-state index contributed by atoms with van der Waals surface area (Å²) in [6.45, 7) is 4.90. The van der Waals surface area contributed by atoms with E-state index in [1.165, 1.54) is 12.7 Å². The number of aromatic nitrogens is 7.